The molecule has 0 spiro atoms. The van der Waals surface area contributed by atoms with Crippen molar-refractivity contribution >= 4 is 35.3 Å². The molecule has 0 radical (unpaired) electrons. The predicted molar refractivity (Wildman–Crippen MR) is 96.7 cm³/mol. The van der Waals surface area contributed by atoms with E-state index < -0.39 is 7.12 Å². The van der Waals surface area contributed by atoms with Gasteiger partial charge in [-0.3, -0.25) is 5.43 Å². The van der Waals surface area contributed by atoms with E-state index in [2.05, 4.69) is 15.5 Å². The molecule has 0 saturated heterocycles. The zero-order chi connectivity index (χ0) is 16.9. The minimum absolute atomic E-state index is 0.00550. The molecule has 1 heterocycles. The van der Waals surface area contributed by atoms with Gasteiger partial charge in [-0.1, -0.05) is 36.4 Å². The summed E-state index contributed by atoms with van der Waals surface area (Å²) in [5.41, 5.74) is 5.32. The van der Waals surface area contributed by atoms with Crippen LogP contribution in [0.3, 0.4) is 0 Å². The standard InChI is InChI=1S/C16H14BN3O3S/c21-15-7-6-13(17(22)23)8-12(15)9-18-20-16-19-14(10-24-16)11-4-2-1-3-5-11/h1-10,21-23H,(H,19,20). The van der Waals surface area contributed by atoms with Crippen LogP contribution >= 0.6 is 11.3 Å². The normalized spacial score (nSPS) is 10.9. The van der Waals surface area contributed by atoms with Crippen LogP contribution < -0.4 is 10.9 Å². The fraction of sp³-hybridized carbons (Fsp3) is 0. The summed E-state index contributed by atoms with van der Waals surface area (Å²) >= 11 is 1.41. The third-order valence-corrected chi connectivity index (χ3v) is 4.03. The lowest BCUT2D eigenvalue weighted by Crippen LogP contribution is -2.29. The van der Waals surface area contributed by atoms with Crippen molar-refractivity contribution in [3.05, 3.63) is 59.5 Å². The van der Waals surface area contributed by atoms with Crippen molar-refractivity contribution in [1.82, 2.24) is 4.98 Å². The van der Waals surface area contributed by atoms with Crippen molar-refractivity contribution in [1.29, 1.82) is 0 Å². The summed E-state index contributed by atoms with van der Waals surface area (Å²) in [5, 5.41) is 34.7. The molecule has 0 bridgehead atoms. The van der Waals surface area contributed by atoms with Crippen LogP contribution in [0.15, 0.2) is 59.0 Å². The Morgan fingerprint density at radius 1 is 1.12 bits per heavy atom. The van der Waals surface area contributed by atoms with E-state index in [9.17, 15) is 5.11 Å². The molecule has 0 aliphatic heterocycles. The summed E-state index contributed by atoms with van der Waals surface area (Å²) < 4.78 is 0. The van der Waals surface area contributed by atoms with Crippen LogP contribution in [-0.2, 0) is 0 Å². The van der Waals surface area contributed by atoms with Crippen molar-refractivity contribution in [3.63, 3.8) is 0 Å². The van der Waals surface area contributed by atoms with E-state index in [-0.39, 0.29) is 11.2 Å². The highest BCUT2D eigenvalue weighted by atomic mass is 32.1. The van der Waals surface area contributed by atoms with E-state index >= 15 is 0 Å². The van der Waals surface area contributed by atoms with Gasteiger partial charge in [0.15, 0.2) is 0 Å². The number of thiazole rings is 1. The average Bonchev–Trinajstić information content (AvgIpc) is 3.06. The van der Waals surface area contributed by atoms with Crippen LogP contribution in [-0.4, -0.2) is 33.5 Å². The summed E-state index contributed by atoms with van der Waals surface area (Å²) in [7, 11) is -1.60. The Hall–Kier alpha value is -2.68. The number of rotatable bonds is 5. The number of aromatic hydroxyl groups is 1. The first kappa shape index (κ1) is 16.2. The fourth-order valence-electron chi connectivity index (χ4n) is 2.06. The molecule has 8 heteroatoms. The number of nitrogens with one attached hydrogen (secondary N) is 1. The summed E-state index contributed by atoms with van der Waals surface area (Å²) in [5.74, 6) is -0.00550. The predicted octanol–water partition coefficient (Wildman–Crippen LogP) is 1.64. The summed E-state index contributed by atoms with van der Waals surface area (Å²) in [6, 6.07) is 14.1. The third-order valence-electron chi connectivity index (χ3n) is 3.29. The quantitative estimate of drug-likeness (QED) is 0.322. The van der Waals surface area contributed by atoms with Gasteiger partial charge in [-0.05, 0) is 17.6 Å². The molecule has 0 unspecified atom stereocenters. The molecule has 3 rings (SSSR count). The molecule has 0 atom stereocenters. The lowest BCUT2D eigenvalue weighted by Gasteiger charge is -2.03. The highest BCUT2D eigenvalue weighted by molar-refractivity contribution is 7.14. The monoisotopic (exact) mass is 339 g/mol. The van der Waals surface area contributed by atoms with Crippen molar-refractivity contribution in [2.45, 2.75) is 0 Å². The van der Waals surface area contributed by atoms with Gasteiger partial charge in [0.1, 0.15) is 5.75 Å². The maximum absolute atomic E-state index is 9.77. The molecular formula is C16H14BN3O3S. The average molecular weight is 339 g/mol. The molecule has 0 amide bonds. The molecule has 4 N–H and O–H groups in total. The number of benzene rings is 2. The molecule has 0 fully saturated rings. The Labute approximate surface area is 142 Å². The Morgan fingerprint density at radius 2 is 1.92 bits per heavy atom. The zero-order valence-electron chi connectivity index (χ0n) is 12.5. The number of hydrogen-bond acceptors (Lipinski definition) is 7. The third kappa shape index (κ3) is 3.80. The second-order valence-electron chi connectivity index (χ2n) is 4.97. The van der Waals surface area contributed by atoms with E-state index in [0.29, 0.717) is 10.7 Å². The van der Waals surface area contributed by atoms with Gasteiger partial charge in [0.25, 0.3) is 0 Å². The van der Waals surface area contributed by atoms with Crippen molar-refractivity contribution in [3.8, 4) is 17.0 Å². The van der Waals surface area contributed by atoms with Crippen LogP contribution in [0, 0.1) is 0 Å². The molecule has 0 aliphatic rings. The number of hydrogen-bond donors (Lipinski definition) is 4. The number of aromatic nitrogens is 1. The van der Waals surface area contributed by atoms with Gasteiger partial charge in [0.2, 0.25) is 5.13 Å². The number of phenolic OH excluding ortho intramolecular Hbond substituents is 1. The molecule has 24 heavy (non-hydrogen) atoms. The van der Waals surface area contributed by atoms with Gasteiger partial charge < -0.3 is 15.2 Å². The van der Waals surface area contributed by atoms with Gasteiger partial charge in [-0.25, -0.2) is 4.98 Å². The lowest BCUT2D eigenvalue weighted by atomic mass is 9.79. The maximum Gasteiger partial charge on any atom is 0.488 e. The Kier molecular flexibility index (Phi) is 4.90. The maximum atomic E-state index is 9.77. The smallest absolute Gasteiger partial charge is 0.488 e. The molecule has 6 nitrogen and oxygen atoms in total. The van der Waals surface area contributed by atoms with Gasteiger partial charge in [0, 0.05) is 16.5 Å². The molecular weight excluding hydrogens is 325 g/mol. The van der Waals surface area contributed by atoms with Gasteiger partial charge in [-0.2, -0.15) is 5.10 Å². The topological polar surface area (TPSA) is 98.0 Å². The van der Waals surface area contributed by atoms with Crippen LogP contribution in [0.4, 0.5) is 5.13 Å². The Balaban J connectivity index is 1.71. The highest BCUT2D eigenvalue weighted by Gasteiger charge is 2.12. The second-order valence-corrected chi connectivity index (χ2v) is 5.82. The summed E-state index contributed by atoms with van der Waals surface area (Å²) in [6.07, 6.45) is 1.39. The van der Waals surface area contributed by atoms with Crippen molar-refractivity contribution in [2.75, 3.05) is 5.43 Å². The molecule has 2 aromatic carbocycles. The van der Waals surface area contributed by atoms with Crippen molar-refractivity contribution < 1.29 is 15.2 Å². The molecule has 1 aromatic heterocycles. The van der Waals surface area contributed by atoms with E-state index in [1.807, 2.05) is 35.7 Å². The van der Waals surface area contributed by atoms with Crippen molar-refractivity contribution in [2.24, 2.45) is 5.10 Å². The van der Waals surface area contributed by atoms with Gasteiger partial charge in [-0.15, -0.1) is 11.3 Å². The van der Waals surface area contributed by atoms with Crippen LogP contribution in [0.5, 0.6) is 5.75 Å². The SMILES string of the molecule is OB(O)c1ccc(O)c(C=NNc2nc(-c3ccccc3)cs2)c1. The van der Waals surface area contributed by atoms with Crippen LogP contribution in [0.2, 0.25) is 0 Å². The number of nitrogens with zero attached hydrogens (tertiary/aromatic N) is 2. The van der Waals surface area contributed by atoms with E-state index in [0.717, 1.165) is 11.3 Å². The zero-order valence-corrected chi connectivity index (χ0v) is 13.3. The Morgan fingerprint density at radius 3 is 2.67 bits per heavy atom. The van der Waals surface area contributed by atoms with Gasteiger partial charge in [0.05, 0.1) is 11.9 Å². The first-order chi connectivity index (χ1) is 11.6. The van der Waals surface area contributed by atoms with Crippen LogP contribution in [0.1, 0.15) is 5.56 Å². The van der Waals surface area contributed by atoms with E-state index in [4.69, 9.17) is 10.0 Å². The van der Waals surface area contributed by atoms with Crippen LogP contribution in [0.25, 0.3) is 11.3 Å². The van der Waals surface area contributed by atoms with E-state index in [1.54, 1.807) is 0 Å². The number of hydrazone groups is 1. The number of anilines is 1. The Bertz CT molecular complexity index is 853. The largest absolute Gasteiger partial charge is 0.507 e. The van der Waals surface area contributed by atoms with Gasteiger partial charge >= 0.3 is 7.12 Å². The molecule has 0 aliphatic carbocycles. The lowest BCUT2D eigenvalue weighted by molar-refractivity contribution is 0.425. The summed E-state index contributed by atoms with van der Waals surface area (Å²) in [6.45, 7) is 0. The molecule has 120 valence electrons. The second kappa shape index (κ2) is 7.26. The van der Waals surface area contributed by atoms with E-state index in [1.165, 1.54) is 35.8 Å². The molecule has 0 saturated carbocycles. The first-order valence-electron chi connectivity index (χ1n) is 7.12. The highest BCUT2D eigenvalue weighted by Crippen LogP contribution is 2.24. The summed E-state index contributed by atoms with van der Waals surface area (Å²) in [4.78, 5) is 4.43. The minimum Gasteiger partial charge on any atom is -0.507 e. The fourth-order valence-corrected chi connectivity index (χ4v) is 2.73. The molecule has 3 aromatic rings. The minimum atomic E-state index is -1.60. The number of phenols is 1. The first-order valence-corrected chi connectivity index (χ1v) is 8.00.